The first kappa shape index (κ1) is 31.9. The number of aromatic nitrogens is 4. The summed E-state index contributed by atoms with van der Waals surface area (Å²) >= 11 is 25.3. The van der Waals surface area contributed by atoms with E-state index in [1.54, 1.807) is 54.6 Å². The lowest BCUT2D eigenvalue weighted by Gasteiger charge is -2.02. The lowest BCUT2D eigenvalue weighted by Crippen LogP contribution is -2.13. The minimum Gasteiger partial charge on any atom is -0.488 e. The van der Waals surface area contributed by atoms with Gasteiger partial charge in [-0.2, -0.15) is 4.98 Å². The van der Waals surface area contributed by atoms with E-state index in [2.05, 4.69) is 53.7 Å². The van der Waals surface area contributed by atoms with E-state index in [-0.39, 0.29) is 22.0 Å². The van der Waals surface area contributed by atoms with Gasteiger partial charge in [0.25, 0.3) is 5.88 Å². The highest BCUT2D eigenvalue weighted by atomic mass is 36.0. The van der Waals surface area contributed by atoms with Crippen LogP contribution < -0.4 is 5.56 Å². The van der Waals surface area contributed by atoms with Crippen LogP contribution in [0.1, 0.15) is 0 Å². The molecule has 204 valence electrons. The molecule has 39 heavy (non-hydrogen) atoms. The first-order valence-electron chi connectivity index (χ1n) is 9.84. The van der Waals surface area contributed by atoms with Crippen LogP contribution in [0.2, 0.25) is 10.3 Å². The molecule has 0 aliphatic carbocycles. The maximum Gasteiger partial charge on any atom is 0.395 e. The van der Waals surface area contributed by atoms with Crippen molar-refractivity contribution in [1.29, 1.82) is 0 Å². The molecule has 0 atom stereocenters. The fraction of sp³-hybridized carbons (Fsp3) is 0. The second-order valence-corrected chi connectivity index (χ2v) is 14.1. The minimum atomic E-state index is -3.22. The number of aromatic hydroxyl groups is 1. The van der Waals surface area contributed by atoms with Gasteiger partial charge in [-0.15, -0.1) is 0 Å². The molecular weight excluding hydrogens is 644 g/mol. The Hall–Kier alpha value is -3.32. The van der Waals surface area contributed by atoms with Crippen LogP contribution in [0.3, 0.4) is 0 Å². The molecule has 13 nitrogen and oxygen atoms in total. The van der Waals surface area contributed by atoms with Gasteiger partial charge in [-0.25, -0.2) is 9.97 Å². The SMILES string of the molecule is O=P(Cl)(Cl)Cl.O=[N+]([O-])c1c(Cl)nc(-c2ccccc2)nc1Cl.O=c1[nH]c(-c2ccccc2)nc(O)c1[N+](=O)[O-]. The van der Waals surface area contributed by atoms with Crippen molar-refractivity contribution in [3.63, 3.8) is 0 Å². The molecule has 0 spiro atoms. The molecule has 4 rings (SSSR count). The van der Waals surface area contributed by atoms with Crippen LogP contribution in [0.15, 0.2) is 65.5 Å². The molecule has 0 aliphatic heterocycles. The average Bonchev–Trinajstić information content (AvgIpc) is 2.83. The summed E-state index contributed by atoms with van der Waals surface area (Å²) in [6.45, 7) is 0. The summed E-state index contributed by atoms with van der Waals surface area (Å²) in [6, 6.07) is 17.4. The lowest BCUT2D eigenvalue weighted by molar-refractivity contribution is -0.387. The number of hydrogen-bond donors (Lipinski definition) is 2. The first-order valence-corrected chi connectivity index (χ1v) is 15.0. The Kier molecular flexibility index (Phi) is 11.6. The van der Waals surface area contributed by atoms with Crippen LogP contribution in [0.25, 0.3) is 22.8 Å². The fourth-order valence-corrected chi connectivity index (χ4v) is 3.15. The third-order valence-corrected chi connectivity index (χ3v) is 4.65. The summed E-state index contributed by atoms with van der Waals surface area (Å²) in [6.07, 6.45) is 0. The molecule has 2 heterocycles. The van der Waals surface area contributed by atoms with E-state index in [0.29, 0.717) is 11.1 Å². The zero-order chi connectivity index (χ0) is 29.3. The van der Waals surface area contributed by atoms with Crippen molar-refractivity contribution >= 4 is 73.5 Å². The molecule has 0 saturated carbocycles. The molecule has 2 N–H and O–H groups in total. The summed E-state index contributed by atoms with van der Waals surface area (Å²) in [5.74, 6) is -0.553. The molecule has 2 aromatic carbocycles. The van der Waals surface area contributed by atoms with Gasteiger partial charge in [0.1, 0.15) is 5.82 Å². The highest BCUT2D eigenvalue weighted by Gasteiger charge is 2.23. The van der Waals surface area contributed by atoms with Gasteiger partial charge in [-0.1, -0.05) is 83.9 Å². The highest BCUT2D eigenvalue weighted by Crippen LogP contribution is 2.61. The number of nitrogens with one attached hydrogen (secondary N) is 1. The van der Waals surface area contributed by atoms with E-state index in [9.17, 15) is 34.7 Å². The van der Waals surface area contributed by atoms with E-state index in [1.807, 2.05) is 6.07 Å². The summed E-state index contributed by atoms with van der Waals surface area (Å²) in [5, 5.41) is 26.7. The van der Waals surface area contributed by atoms with Gasteiger partial charge in [0.2, 0.25) is 10.3 Å². The number of nitro groups is 2. The Bertz CT molecular complexity index is 1560. The van der Waals surface area contributed by atoms with Gasteiger partial charge >= 0.3 is 22.1 Å². The number of aromatic amines is 1. The molecule has 0 radical (unpaired) electrons. The molecule has 19 heteroatoms. The third kappa shape index (κ3) is 10.1. The molecular formula is C20H12Cl5N6O7P. The Balaban J connectivity index is 0.000000234. The summed E-state index contributed by atoms with van der Waals surface area (Å²) < 4.78 is 9.51. The molecule has 0 aliphatic rings. The van der Waals surface area contributed by atoms with Gasteiger partial charge in [0, 0.05) is 11.1 Å². The van der Waals surface area contributed by atoms with E-state index in [1.165, 1.54) is 0 Å². The van der Waals surface area contributed by atoms with Crippen molar-refractivity contribution in [2.24, 2.45) is 0 Å². The van der Waals surface area contributed by atoms with Crippen LogP contribution in [-0.2, 0) is 4.57 Å². The summed E-state index contributed by atoms with van der Waals surface area (Å²) in [5.41, 5.74) is -1.18. The van der Waals surface area contributed by atoms with Crippen molar-refractivity contribution in [2.75, 3.05) is 0 Å². The van der Waals surface area contributed by atoms with Gasteiger partial charge in [0.15, 0.2) is 5.82 Å². The van der Waals surface area contributed by atoms with Crippen molar-refractivity contribution in [1.82, 2.24) is 19.9 Å². The largest absolute Gasteiger partial charge is 0.488 e. The zero-order valence-corrected chi connectivity index (χ0v) is 23.4. The second-order valence-electron chi connectivity index (χ2n) is 6.71. The Labute approximate surface area is 242 Å². The van der Waals surface area contributed by atoms with Gasteiger partial charge < -0.3 is 10.1 Å². The monoisotopic (exact) mass is 654 g/mol. The maximum atomic E-state index is 11.4. The highest BCUT2D eigenvalue weighted by molar-refractivity contribution is 8.24. The number of H-pyrrole nitrogens is 1. The Morgan fingerprint density at radius 2 is 1.18 bits per heavy atom. The summed E-state index contributed by atoms with van der Waals surface area (Å²) in [4.78, 5) is 44.4. The third-order valence-electron chi connectivity index (χ3n) is 4.12. The van der Waals surface area contributed by atoms with Crippen LogP contribution >= 0.6 is 62.1 Å². The Morgan fingerprint density at radius 3 is 1.56 bits per heavy atom. The van der Waals surface area contributed by atoms with Gasteiger partial charge in [-0.05, 0) is 33.7 Å². The number of rotatable bonds is 4. The molecule has 2 aromatic heterocycles. The number of benzene rings is 2. The number of halogens is 5. The van der Waals surface area contributed by atoms with Crippen molar-refractivity contribution in [3.05, 3.63) is 102 Å². The first-order chi connectivity index (χ1) is 18.2. The minimum absolute atomic E-state index is 0.0821. The van der Waals surface area contributed by atoms with Crippen LogP contribution in [0, 0.1) is 20.2 Å². The Morgan fingerprint density at radius 1 is 0.769 bits per heavy atom. The van der Waals surface area contributed by atoms with Gasteiger partial charge in [-0.3, -0.25) is 29.6 Å². The van der Waals surface area contributed by atoms with Crippen LogP contribution in [-0.4, -0.2) is 34.9 Å². The van der Waals surface area contributed by atoms with Crippen molar-refractivity contribution in [3.8, 4) is 28.7 Å². The molecule has 0 fully saturated rings. The second kappa shape index (κ2) is 14.2. The fourth-order valence-electron chi connectivity index (χ4n) is 2.62. The predicted molar refractivity (Wildman–Crippen MR) is 148 cm³/mol. The lowest BCUT2D eigenvalue weighted by atomic mass is 10.2. The molecule has 0 bridgehead atoms. The van der Waals surface area contributed by atoms with E-state index >= 15 is 0 Å². The smallest absolute Gasteiger partial charge is 0.395 e. The average molecular weight is 657 g/mol. The topological polar surface area (TPSA) is 195 Å². The normalized spacial score (nSPS) is 10.4. The van der Waals surface area contributed by atoms with Crippen molar-refractivity contribution in [2.45, 2.75) is 0 Å². The van der Waals surface area contributed by atoms with Gasteiger partial charge in [0.05, 0.1) is 9.85 Å². The quantitative estimate of drug-likeness (QED) is 0.0979. The number of nitrogens with zero attached hydrogens (tertiary/aromatic N) is 5. The molecule has 0 amide bonds. The molecule has 4 aromatic rings. The van der Waals surface area contributed by atoms with E-state index in [0.717, 1.165) is 0 Å². The maximum absolute atomic E-state index is 11.4. The molecule has 0 unspecified atom stereocenters. The van der Waals surface area contributed by atoms with E-state index < -0.39 is 37.9 Å². The number of hydrogen-bond acceptors (Lipinski definition) is 10. The van der Waals surface area contributed by atoms with E-state index in [4.69, 9.17) is 23.2 Å². The molecule has 0 saturated heterocycles. The summed E-state index contributed by atoms with van der Waals surface area (Å²) in [7, 11) is 0. The van der Waals surface area contributed by atoms with Crippen LogP contribution in [0.4, 0.5) is 11.4 Å². The van der Waals surface area contributed by atoms with Crippen molar-refractivity contribution < 1.29 is 19.5 Å². The predicted octanol–water partition coefficient (Wildman–Crippen LogP) is 7.22. The standard InChI is InChI=1S/C10H5Cl2N3O2.C10H7N3O4.Cl3OP/c11-8-7(15(16)17)9(12)14-10(13-8)6-4-2-1-3-5-6;14-9-7(13(16)17)10(15)12-8(11-9)6-4-2-1-3-5-6;1-5(2,3)4/h1-5H;1-5H,(H2,11,12,14,15);. The van der Waals surface area contributed by atoms with Crippen LogP contribution in [0.5, 0.6) is 5.88 Å². The zero-order valence-electron chi connectivity index (χ0n) is 18.7.